The lowest BCUT2D eigenvalue weighted by Crippen LogP contribution is -2.32. The third-order valence-corrected chi connectivity index (χ3v) is 4.24. The number of hydrogen-bond donors (Lipinski definition) is 2. The number of nitrogens with one attached hydrogen (secondary N) is 2. The molecule has 1 saturated carbocycles. The molecule has 1 aromatic heterocycles. The van der Waals surface area contributed by atoms with Crippen molar-refractivity contribution in [2.24, 2.45) is 5.92 Å². The van der Waals surface area contributed by atoms with E-state index < -0.39 is 0 Å². The number of anilines is 2. The van der Waals surface area contributed by atoms with Gasteiger partial charge in [0.1, 0.15) is 18.0 Å². The van der Waals surface area contributed by atoms with Gasteiger partial charge in [-0.2, -0.15) is 0 Å². The monoisotopic (exact) mass is 276 g/mol. The van der Waals surface area contributed by atoms with Crippen LogP contribution >= 0.6 is 0 Å². The number of rotatable bonds is 5. The second-order valence-corrected chi connectivity index (χ2v) is 6.10. The number of hydrogen-bond acceptors (Lipinski definition) is 5. The van der Waals surface area contributed by atoms with Gasteiger partial charge in [0, 0.05) is 19.2 Å². The second-order valence-electron chi connectivity index (χ2n) is 6.10. The highest BCUT2D eigenvalue weighted by Crippen LogP contribution is 2.40. The molecule has 2 heterocycles. The first-order valence-electron chi connectivity index (χ1n) is 7.61. The summed E-state index contributed by atoms with van der Waals surface area (Å²) in [5.74, 6) is 3.01. The maximum atomic E-state index is 5.90. The van der Waals surface area contributed by atoms with Gasteiger partial charge in [-0.05, 0) is 31.1 Å². The SMILES string of the molecule is CNc1ncnc(NC2CCOC2C2CC2)c1C(C)C. The van der Waals surface area contributed by atoms with Crippen molar-refractivity contribution in [1.29, 1.82) is 0 Å². The average Bonchev–Trinajstić information content (AvgIpc) is 3.18. The van der Waals surface area contributed by atoms with Gasteiger partial charge >= 0.3 is 0 Å². The van der Waals surface area contributed by atoms with Gasteiger partial charge in [-0.25, -0.2) is 9.97 Å². The average molecular weight is 276 g/mol. The highest BCUT2D eigenvalue weighted by Gasteiger charge is 2.41. The van der Waals surface area contributed by atoms with Crippen LogP contribution in [-0.2, 0) is 4.74 Å². The van der Waals surface area contributed by atoms with Gasteiger partial charge in [0.15, 0.2) is 0 Å². The zero-order chi connectivity index (χ0) is 14.1. The third-order valence-electron chi connectivity index (χ3n) is 4.24. The fourth-order valence-electron chi connectivity index (χ4n) is 3.09. The Balaban J connectivity index is 1.82. The summed E-state index contributed by atoms with van der Waals surface area (Å²) in [7, 11) is 1.91. The van der Waals surface area contributed by atoms with E-state index in [1.54, 1.807) is 6.33 Å². The molecule has 0 amide bonds. The van der Waals surface area contributed by atoms with E-state index in [0.29, 0.717) is 18.1 Å². The molecular weight excluding hydrogens is 252 g/mol. The van der Waals surface area contributed by atoms with Crippen LogP contribution in [-0.4, -0.2) is 35.8 Å². The van der Waals surface area contributed by atoms with Crippen LogP contribution in [0, 0.1) is 5.92 Å². The van der Waals surface area contributed by atoms with Gasteiger partial charge in [0.2, 0.25) is 0 Å². The lowest BCUT2D eigenvalue weighted by atomic mass is 10.0. The van der Waals surface area contributed by atoms with Gasteiger partial charge in [0.05, 0.1) is 12.1 Å². The first-order valence-corrected chi connectivity index (χ1v) is 7.61. The van der Waals surface area contributed by atoms with Gasteiger partial charge in [-0.3, -0.25) is 0 Å². The summed E-state index contributed by atoms with van der Waals surface area (Å²) in [6, 6.07) is 0.389. The molecule has 0 spiro atoms. The highest BCUT2D eigenvalue weighted by molar-refractivity contribution is 5.59. The summed E-state index contributed by atoms with van der Waals surface area (Å²) in [5, 5.41) is 6.79. The maximum Gasteiger partial charge on any atom is 0.135 e. The molecule has 2 N–H and O–H groups in total. The number of aromatic nitrogens is 2. The lowest BCUT2D eigenvalue weighted by Gasteiger charge is -2.23. The van der Waals surface area contributed by atoms with Crippen molar-refractivity contribution in [3.8, 4) is 0 Å². The smallest absolute Gasteiger partial charge is 0.135 e. The van der Waals surface area contributed by atoms with Crippen LogP contribution in [0.4, 0.5) is 11.6 Å². The molecule has 1 saturated heterocycles. The molecule has 2 atom stereocenters. The minimum Gasteiger partial charge on any atom is -0.376 e. The van der Waals surface area contributed by atoms with Gasteiger partial charge < -0.3 is 15.4 Å². The molecule has 110 valence electrons. The van der Waals surface area contributed by atoms with Crippen molar-refractivity contribution in [2.45, 2.75) is 51.2 Å². The largest absolute Gasteiger partial charge is 0.376 e. The van der Waals surface area contributed by atoms with Gasteiger partial charge in [-0.1, -0.05) is 13.8 Å². The Morgan fingerprint density at radius 1 is 1.20 bits per heavy atom. The van der Waals surface area contributed by atoms with E-state index in [2.05, 4.69) is 34.4 Å². The van der Waals surface area contributed by atoms with Gasteiger partial charge in [-0.15, -0.1) is 0 Å². The lowest BCUT2D eigenvalue weighted by molar-refractivity contribution is 0.0898. The number of ether oxygens (including phenoxy) is 1. The summed E-state index contributed by atoms with van der Waals surface area (Å²) in [4.78, 5) is 8.80. The molecule has 3 rings (SSSR count). The van der Waals surface area contributed by atoms with Crippen molar-refractivity contribution >= 4 is 11.6 Å². The normalized spacial score (nSPS) is 26.0. The summed E-state index contributed by atoms with van der Waals surface area (Å²) in [6.45, 7) is 5.21. The van der Waals surface area contributed by atoms with E-state index in [9.17, 15) is 0 Å². The second kappa shape index (κ2) is 5.56. The Morgan fingerprint density at radius 2 is 1.95 bits per heavy atom. The molecule has 1 aliphatic carbocycles. The van der Waals surface area contributed by atoms with Crippen molar-refractivity contribution in [2.75, 3.05) is 24.3 Å². The maximum absolute atomic E-state index is 5.90. The van der Waals surface area contributed by atoms with Crippen molar-refractivity contribution in [1.82, 2.24) is 9.97 Å². The van der Waals surface area contributed by atoms with Crippen molar-refractivity contribution in [3.63, 3.8) is 0 Å². The molecule has 5 nitrogen and oxygen atoms in total. The Bertz CT molecular complexity index is 473. The molecule has 2 unspecified atom stereocenters. The van der Waals surface area contributed by atoms with Crippen LogP contribution in [0.2, 0.25) is 0 Å². The van der Waals surface area contributed by atoms with E-state index in [1.807, 2.05) is 7.05 Å². The summed E-state index contributed by atoms with van der Waals surface area (Å²) in [5.41, 5.74) is 1.16. The summed E-state index contributed by atoms with van der Waals surface area (Å²) < 4.78 is 5.90. The van der Waals surface area contributed by atoms with E-state index in [0.717, 1.165) is 36.1 Å². The third kappa shape index (κ3) is 2.59. The van der Waals surface area contributed by atoms with Crippen LogP contribution in [0.1, 0.15) is 44.6 Å². The molecule has 2 aliphatic rings. The first-order chi connectivity index (χ1) is 9.70. The van der Waals surface area contributed by atoms with Crippen molar-refractivity contribution in [3.05, 3.63) is 11.9 Å². The fraction of sp³-hybridized carbons (Fsp3) is 0.733. The zero-order valence-electron chi connectivity index (χ0n) is 12.5. The quantitative estimate of drug-likeness (QED) is 0.865. The Kier molecular flexibility index (Phi) is 3.78. The van der Waals surface area contributed by atoms with Crippen LogP contribution < -0.4 is 10.6 Å². The van der Waals surface area contributed by atoms with Gasteiger partial charge in [0.25, 0.3) is 0 Å². The molecule has 2 fully saturated rings. The van der Waals surface area contributed by atoms with Crippen LogP contribution in [0.25, 0.3) is 0 Å². The molecule has 5 heteroatoms. The molecular formula is C15H24N4O. The van der Waals surface area contributed by atoms with E-state index >= 15 is 0 Å². The minimum atomic E-state index is 0.364. The van der Waals surface area contributed by atoms with Crippen molar-refractivity contribution < 1.29 is 4.74 Å². The Labute approximate surface area is 120 Å². The highest BCUT2D eigenvalue weighted by atomic mass is 16.5. The number of nitrogens with zero attached hydrogens (tertiary/aromatic N) is 2. The van der Waals surface area contributed by atoms with E-state index in [4.69, 9.17) is 4.74 Å². The minimum absolute atomic E-state index is 0.364. The molecule has 0 radical (unpaired) electrons. The fourth-order valence-corrected chi connectivity index (χ4v) is 3.09. The first kappa shape index (κ1) is 13.6. The molecule has 1 aliphatic heterocycles. The zero-order valence-corrected chi connectivity index (χ0v) is 12.5. The standard InChI is InChI=1S/C15H24N4O/c1-9(2)12-14(16-3)17-8-18-15(12)19-11-6-7-20-13(11)10-4-5-10/h8-11,13H,4-7H2,1-3H3,(H2,16,17,18,19). The summed E-state index contributed by atoms with van der Waals surface area (Å²) >= 11 is 0. The van der Waals surface area contributed by atoms with Crippen LogP contribution in [0.15, 0.2) is 6.33 Å². The molecule has 1 aromatic rings. The van der Waals surface area contributed by atoms with Crippen LogP contribution in [0.3, 0.4) is 0 Å². The topological polar surface area (TPSA) is 59.1 Å². The molecule has 20 heavy (non-hydrogen) atoms. The molecule has 0 aromatic carbocycles. The predicted molar refractivity (Wildman–Crippen MR) is 80.2 cm³/mol. The Hall–Kier alpha value is -1.36. The predicted octanol–water partition coefficient (Wildman–Crippen LogP) is 2.62. The molecule has 0 bridgehead atoms. The summed E-state index contributed by atoms with van der Waals surface area (Å²) in [6.07, 6.45) is 5.68. The Morgan fingerprint density at radius 3 is 2.60 bits per heavy atom. The van der Waals surface area contributed by atoms with Crippen LogP contribution in [0.5, 0.6) is 0 Å². The van der Waals surface area contributed by atoms with E-state index in [1.165, 1.54) is 12.8 Å². The van der Waals surface area contributed by atoms with E-state index in [-0.39, 0.29) is 0 Å².